The first kappa shape index (κ1) is 20.2. The Morgan fingerprint density at radius 1 is 0.963 bits per heavy atom. The van der Waals surface area contributed by atoms with E-state index in [-0.39, 0.29) is 18.0 Å². The van der Waals surface area contributed by atoms with E-state index < -0.39 is 0 Å². The minimum atomic E-state index is -0.312. The van der Waals surface area contributed by atoms with Crippen molar-refractivity contribution in [2.75, 3.05) is 35.0 Å². The third kappa shape index (κ3) is 4.52. The lowest BCUT2D eigenvalue weighted by atomic mass is 10.1. The summed E-state index contributed by atoms with van der Waals surface area (Å²) < 4.78 is 22.4. The number of ether oxygens (including phenoxy) is 4. The van der Waals surface area contributed by atoms with E-state index in [0.717, 1.165) is 5.69 Å². The van der Waals surface area contributed by atoms with Gasteiger partial charge in [0.2, 0.25) is 5.75 Å². The van der Waals surface area contributed by atoms with E-state index in [2.05, 4.69) is 5.32 Å². The van der Waals surface area contributed by atoms with E-state index >= 15 is 0 Å². The summed E-state index contributed by atoms with van der Waals surface area (Å²) in [5.41, 5.74) is 0.929. The van der Waals surface area contributed by atoms with Crippen molar-refractivity contribution >= 4 is 5.91 Å². The van der Waals surface area contributed by atoms with E-state index in [1.807, 2.05) is 6.92 Å². The topological polar surface area (TPSA) is 88.0 Å². The number of aromatic nitrogens is 1. The van der Waals surface area contributed by atoms with Crippen molar-refractivity contribution in [1.29, 1.82) is 0 Å². The monoisotopic (exact) mass is 376 g/mol. The van der Waals surface area contributed by atoms with Crippen molar-refractivity contribution in [3.05, 3.63) is 45.9 Å². The number of hydrogen-bond donors (Lipinski definition) is 1. The Balaban J connectivity index is 2.12. The van der Waals surface area contributed by atoms with E-state index in [9.17, 15) is 9.59 Å². The van der Waals surface area contributed by atoms with Gasteiger partial charge in [0, 0.05) is 30.4 Å². The first-order valence-corrected chi connectivity index (χ1v) is 8.28. The molecule has 1 aromatic heterocycles. The maximum absolute atomic E-state index is 12.5. The standard InChI is InChI=1S/C19H24N2O6/c1-12-8-14(24-2)11-17(22)21(12)7-6-20-19(23)13-9-15(25-3)18(27-5)16(10-13)26-4/h8-11H,6-7H2,1-5H3,(H,20,23). The number of carbonyl (C=O) groups excluding carboxylic acids is 1. The summed E-state index contributed by atoms with van der Waals surface area (Å²) >= 11 is 0. The van der Waals surface area contributed by atoms with Gasteiger partial charge < -0.3 is 28.8 Å². The van der Waals surface area contributed by atoms with Crippen LogP contribution >= 0.6 is 0 Å². The van der Waals surface area contributed by atoms with Crippen LogP contribution in [0, 0.1) is 6.92 Å². The zero-order valence-corrected chi connectivity index (χ0v) is 16.1. The summed E-state index contributed by atoms with van der Waals surface area (Å²) in [6.07, 6.45) is 0. The summed E-state index contributed by atoms with van der Waals surface area (Å²) in [5, 5.41) is 2.79. The van der Waals surface area contributed by atoms with Gasteiger partial charge in [-0.05, 0) is 25.1 Å². The highest BCUT2D eigenvalue weighted by Crippen LogP contribution is 2.38. The number of aryl methyl sites for hydroxylation is 1. The molecule has 2 rings (SSSR count). The van der Waals surface area contributed by atoms with E-state index in [1.165, 1.54) is 34.5 Å². The molecule has 0 fully saturated rings. The predicted octanol–water partition coefficient (Wildman–Crippen LogP) is 1.62. The number of rotatable bonds is 8. The Kier molecular flexibility index (Phi) is 6.70. The number of benzene rings is 1. The molecule has 8 nitrogen and oxygen atoms in total. The minimum absolute atomic E-state index is 0.186. The SMILES string of the molecule is COc1cc(C)n(CCNC(=O)c2cc(OC)c(OC)c(OC)c2)c(=O)c1. The van der Waals surface area contributed by atoms with Crippen LogP contribution in [0.2, 0.25) is 0 Å². The average molecular weight is 376 g/mol. The molecule has 1 heterocycles. The number of carbonyl (C=O) groups is 1. The minimum Gasteiger partial charge on any atom is -0.496 e. The van der Waals surface area contributed by atoms with Crippen molar-refractivity contribution in [3.8, 4) is 23.0 Å². The molecule has 0 atom stereocenters. The van der Waals surface area contributed by atoms with Crippen LogP contribution in [-0.2, 0) is 6.54 Å². The first-order valence-electron chi connectivity index (χ1n) is 8.28. The first-order chi connectivity index (χ1) is 12.9. The Hall–Kier alpha value is -3.16. The number of methoxy groups -OCH3 is 4. The number of hydrogen-bond acceptors (Lipinski definition) is 6. The Morgan fingerprint density at radius 2 is 1.59 bits per heavy atom. The van der Waals surface area contributed by atoms with Crippen LogP contribution in [0.5, 0.6) is 23.0 Å². The normalized spacial score (nSPS) is 10.3. The van der Waals surface area contributed by atoms with Gasteiger partial charge in [0.05, 0.1) is 28.4 Å². The second-order valence-corrected chi connectivity index (χ2v) is 5.70. The highest BCUT2D eigenvalue weighted by molar-refractivity contribution is 5.95. The second kappa shape index (κ2) is 8.98. The van der Waals surface area contributed by atoms with Crippen LogP contribution in [0.25, 0.3) is 0 Å². The van der Waals surface area contributed by atoms with Crippen LogP contribution in [0.3, 0.4) is 0 Å². The third-order valence-electron chi connectivity index (χ3n) is 4.09. The van der Waals surface area contributed by atoms with Crippen LogP contribution in [0.15, 0.2) is 29.1 Å². The third-order valence-corrected chi connectivity index (χ3v) is 4.09. The van der Waals surface area contributed by atoms with Gasteiger partial charge in [-0.25, -0.2) is 0 Å². The summed E-state index contributed by atoms with van der Waals surface area (Å²) in [4.78, 5) is 24.6. The summed E-state index contributed by atoms with van der Waals surface area (Å²) in [6, 6.07) is 6.32. The molecule has 0 saturated carbocycles. The van der Waals surface area contributed by atoms with Gasteiger partial charge in [-0.2, -0.15) is 0 Å². The molecule has 0 aliphatic heterocycles. The molecule has 1 amide bonds. The van der Waals surface area contributed by atoms with Gasteiger partial charge in [0.1, 0.15) is 5.75 Å². The number of pyridine rings is 1. The van der Waals surface area contributed by atoms with Crippen molar-refractivity contribution in [2.24, 2.45) is 0 Å². The molecular formula is C19H24N2O6. The molecule has 0 saturated heterocycles. The molecule has 8 heteroatoms. The number of nitrogens with one attached hydrogen (secondary N) is 1. The van der Waals surface area contributed by atoms with E-state index in [1.54, 1.807) is 22.8 Å². The van der Waals surface area contributed by atoms with Crippen molar-refractivity contribution < 1.29 is 23.7 Å². The maximum atomic E-state index is 12.5. The van der Waals surface area contributed by atoms with Gasteiger partial charge >= 0.3 is 0 Å². The fourth-order valence-corrected chi connectivity index (χ4v) is 2.70. The quantitative estimate of drug-likeness (QED) is 0.753. The molecule has 0 unspecified atom stereocenters. The largest absolute Gasteiger partial charge is 0.496 e. The van der Waals surface area contributed by atoms with Gasteiger partial charge in [-0.3, -0.25) is 9.59 Å². The molecule has 0 spiro atoms. The molecule has 2 aromatic rings. The molecular weight excluding hydrogens is 352 g/mol. The fourth-order valence-electron chi connectivity index (χ4n) is 2.70. The Labute approximate surface area is 157 Å². The molecule has 0 aliphatic rings. The lowest BCUT2D eigenvalue weighted by Crippen LogP contribution is -2.31. The van der Waals surface area contributed by atoms with Crippen molar-refractivity contribution in [3.63, 3.8) is 0 Å². The fraction of sp³-hybridized carbons (Fsp3) is 0.368. The van der Waals surface area contributed by atoms with Crippen molar-refractivity contribution in [1.82, 2.24) is 9.88 Å². The zero-order valence-electron chi connectivity index (χ0n) is 16.1. The van der Waals surface area contributed by atoms with Crippen molar-refractivity contribution in [2.45, 2.75) is 13.5 Å². The van der Waals surface area contributed by atoms with Crippen LogP contribution in [0.4, 0.5) is 0 Å². The lowest BCUT2D eigenvalue weighted by Gasteiger charge is -2.15. The van der Waals surface area contributed by atoms with Crippen LogP contribution in [-0.4, -0.2) is 45.5 Å². The van der Waals surface area contributed by atoms with Gasteiger partial charge in [-0.1, -0.05) is 0 Å². The van der Waals surface area contributed by atoms with Gasteiger partial charge in [-0.15, -0.1) is 0 Å². The van der Waals surface area contributed by atoms with Crippen LogP contribution in [0.1, 0.15) is 16.1 Å². The number of amides is 1. The molecule has 1 aromatic carbocycles. The molecule has 146 valence electrons. The average Bonchev–Trinajstić information content (AvgIpc) is 2.68. The molecule has 1 N–H and O–H groups in total. The molecule has 0 bridgehead atoms. The molecule has 0 aliphatic carbocycles. The molecule has 27 heavy (non-hydrogen) atoms. The van der Waals surface area contributed by atoms with E-state index in [0.29, 0.717) is 35.1 Å². The summed E-state index contributed by atoms with van der Waals surface area (Å²) in [7, 11) is 5.97. The lowest BCUT2D eigenvalue weighted by molar-refractivity contribution is 0.0951. The Bertz CT molecular complexity index is 850. The highest BCUT2D eigenvalue weighted by atomic mass is 16.5. The highest BCUT2D eigenvalue weighted by Gasteiger charge is 2.17. The Morgan fingerprint density at radius 3 is 2.07 bits per heavy atom. The number of nitrogens with zero attached hydrogens (tertiary/aromatic N) is 1. The van der Waals surface area contributed by atoms with E-state index in [4.69, 9.17) is 18.9 Å². The smallest absolute Gasteiger partial charge is 0.254 e. The second-order valence-electron chi connectivity index (χ2n) is 5.70. The van der Waals surface area contributed by atoms with Gasteiger partial charge in [0.15, 0.2) is 11.5 Å². The zero-order chi connectivity index (χ0) is 20.0. The predicted molar refractivity (Wildman–Crippen MR) is 100 cm³/mol. The van der Waals surface area contributed by atoms with Crippen LogP contribution < -0.4 is 29.8 Å². The summed E-state index contributed by atoms with van der Waals surface area (Å²) in [5.74, 6) is 1.40. The maximum Gasteiger partial charge on any atom is 0.254 e. The van der Waals surface area contributed by atoms with Gasteiger partial charge in [0.25, 0.3) is 11.5 Å². The summed E-state index contributed by atoms with van der Waals surface area (Å²) in [6.45, 7) is 2.43. The molecule has 0 radical (unpaired) electrons.